The molecule has 0 bridgehead atoms. The molecule has 0 radical (unpaired) electrons. The predicted octanol–water partition coefficient (Wildman–Crippen LogP) is 4.65. The van der Waals surface area contributed by atoms with Crippen molar-refractivity contribution in [3.63, 3.8) is 0 Å². The number of hydrogen-bond acceptors (Lipinski definition) is 2. The normalized spacial score (nSPS) is 17.0. The van der Waals surface area contributed by atoms with E-state index in [0.29, 0.717) is 18.0 Å². The maximum Gasteiger partial charge on any atom is 0.231 e. The zero-order valence-electron chi connectivity index (χ0n) is 16.1. The van der Waals surface area contributed by atoms with Crippen molar-refractivity contribution in [2.75, 3.05) is 16.8 Å². The SMILES string of the molecule is CC(C(=O)Nc1ccc(F)cc1)c1ccc2c(c1)CCCN2C(=O)CC1CC1. The summed E-state index contributed by atoms with van der Waals surface area (Å²) in [4.78, 5) is 27.1. The minimum absolute atomic E-state index is 0.135. The fraction of sp³-hybridized carbons (Fsp3) is 0.391. The molecule has 1 aliphatic carbocycles. The molecule has 2 aliphatic rings. The van der Waals surface area contributed by atoms with E-state index in [1.54, 1.807) is 12.1 Å². The summed E-state index contributed by atoms with van der Waals surface area (Å²) in [5.74, 6) is -0.0101. The number of nitrogens with one attached hydrogen (secondary N) is 1. The standard InChI is InChI=1S/C23H25FN2O2/c1-15(23(28)25-20-9-7-19(24)8-10-20)17-6-11-21-18(14-17)3-2-12-26(21)22(27)13-16-4-5-16/h6-11,14-16H,2-5,12-13H2,1H3,(H,25,28). The van der Waals surface area contributed by atoms with Gasteiger partial charge in [-0.2, -0.15) is 0 Å². The quantitative estimate of drug-likeness (QED) is 0.821. The number of rotatable bonds is 5. The number of hydrogen-bond donors (Lipinski definition) is 1. The van der Waals surface area contributed by atoms with E-state index in [0.717, 1.165) is 36.2 Å². The van der Waals surface area contributed by atoms with Crippen LogP contribution in [0.4, 0.5) is 15.8 Å². The largest absolute Gasteiger partial charge is 0.326 e. The molecule has 4 nitrogen and oxygen atoms in total. The van der Waals surface area contributed by atoms with Crippen molar-refractivity contribution in [2.24, 2.45) is 5.92 Å². The lowest BCUT2D eigenvalue weighted by atomic mass is 9.93. The highest BCUT2D eigenvalue weighted by Gasteiger charge is 2.30. The van der Waals surface area contributed by atoms with Crippen LogP contribution in [-0.4, -0.2) is 18.4 Å². The first-order valence-corrected chi connectivity index (χ1v) is 10.0. The van der Waals surface area contributed by atoms with E-state index in [9.17, 15) is 14.0 Å². The number of aryl methyl sites for hydroxylation is 1. The predicted molar refractivity (Wildman–Crippen MR) is 108 cm³/mol. The summed E-state index contributed by atoms with van der Waals surface area (Å²) in [5.41, 5.74) is 3.63. The first-order valence-electron chi connectivity index (χ1n) is 10.0. The molecule has 1 heterocycles. The molecule has 2 aromatic rings. The van der Waals surface area contributed by atoms with Crippen LogP contribution in [0.2, 0.25) is 0 Å². The Kier molecular flexibility index (Phi) is 5.16. The van der Waals surface area contributed by atoms with Crippen molar-refractivity contribution in [3.8, 4) is 0 Å². The van der Waals surface area contributed by atoms with Crippen LogP contribution in [0.15, 0.2) is 42.5 Å². The van der Waals surface area contributed by atoms with Crippen molar-refractivity contribution < 1.29 is 14.0 Å². The fourth-order valence-electron chi connectivity index (χ4n) is 3.76. The Morgan fingerprint density at radius 1 is 1.18 bits per heavy atom. The molecule has 1 fully saturated rings. The Morgan fingerprint density at radius 3 is 2.64 bits per heavy atom. The molecular weight excluding hydrogens is 355 g/mol. The summed E-state index contributed by atoms with van der Waals surface area (Å²) in [6, 6.07) is 11.7. The highest BCUT2D eigenvalue weighted by Crippen LogP contribution is 2.36. The van der Waals surface area contributed by atoms with Gasteiger partial charge in [-0.3, -0.25) is 9.59 Å². The lowest BCUT2D eigenvalue weighted by molar-refractivity contribution is -0.119. The molecule has 0 aromatic heterocycles. The minimum Gasteiger partial charge on any atom is -0.326 e. The second-order valence-corrected chi connectivity index (χ2v) is 7.90. The topological polar surface area (TPSA) is 49.4 Å². The van der Waals surface area contributed by atoms with E-state index < -0.39 is 0 Å². The Labute approximate surface area is 164 Å². The van der Waals surface area contributed by atoms with Crippen LogP contribution in [-0.2, 0) is 16.0 Å². The molecule has 0 spiro atoms. The van der Waals surface area contributed by atoms with Crippen LogP contribution in [0.1, 0.15) is 49.7 Å². The summed E-state index contributed by atoms with van der Waals surface area (Å²) in [6.45, 7) is 2.64. The van der Waals surface area contributed by atoms with Gasteiger partial charge in [0.15, 0.2) is 0 Å². The molecule has 1 atom stereocenters. The number of fused-ring (bicyclic) bond motifs is 1. The van der Waals surface area contributed by atoms with E-state index in [1.807, 2.05) is 24.0 Å². The Balaban J connectivity index is 1.48. The number of benzene rings is 2. The third kappa shape index (κ3) is 4.08. The first-order chi connectivity index (χ1) is 13.5. The third-order valence-electron chi connectivity index (χ3n) is 5.69. The molecule has 0 saturated heterocycles. The van der Waals surface area contributed by atoms with Crippen molar-refractivity contribution in [3.05, 3.63) is 59.4 Å². The van der Waals surface area contributed by atoms with Crippen LogP contribution in [0.25, 0.3) is 0 Å². The van der Waals surface area contributed by atoms with Gasteiger partial charge in [0.05, 0.1) is 5.92 Å². The van der Waals surface area contributed by atoms with Gasteiger partial charge >= 0.3 is 0 Å². The van der Waals surface area contributed by atoms with Crippen molar-refractivity contribution in [1.82, 2.24) is 0 Å². The second kappa shape index (κ2) is 7.74. The van der Waals surface area contributed by atoms with Gasteiger partial charge in [-0.25, -0.2) is 4.39 Å². The molecule has 146 valence electrons. The molecule has 5 heteroatoms. The first kappa shape index (κ1) is 18.7. The molecule has 2 aromatic carbocycles. The molecule has 1 N–H and O–H groups in total. The van der Waals surface area contributed by atoms with Crippen molar-refractivity contribution in [1.29, 1.82) is 0 Å². The van der Waals surface area contributed by atoms with E-state index in [-0.39, 0.29) is 23.5 Å². The minimum atomic E-state index is -0.340. The van der Waals surface area contributed by atoms with Gasteiger partial charge in [0, 0.05) is 24.3 Å². The lowest BCUT2D eigenvalue weighted by Gasteiger charge is -2.30. The third-order valence-corrected chi connectivity index (χ3v) is 5.69. The van der Waals surface area contributed by atoms with Gasteiger partial charge in [-0.05, 0) is 80.0 Å². The number of carbonyl (C=O) groups is 2. The van der Waals surface area contributed by atoms with Crippen LogP contribution in [0, 0.1) is 11.7 Å². The maximum atomic E-state index is 13.0. The molecular formula is C23H25FN2O2. The maximum absolute atomic E-state index is 13.0. The van der Waals surface area contributed by atoms with Gasteiger partial charge < -0.3 is 10.2 Å². The monoisotopic (exact) mass is 380 g/mol. The van der Waals surface area contributed by atoms with Gasteiger partial charge in [-0.15, -0.1) is 0 Å². The number of carbonyl (C=O) groups excluding carboxylic acids is 2. The zero-order valence-corrected chi connectivity index (χ0v) is 16.1. The smallest absolute Gasteiger partial charge is 0.231 e. The van der Waals surface area contributed by atoms with Crippen LogP contribution in [0.3, 0.4) is 0 Å². The van der Waals surface area contributed by atoms with Gasteiger partial charge in [-0.1, -0.05) is 12.1 Å². The van der Waals surface area contributed by atoms with Gasteiger partial charge in [0.2, 0.25) is 11.8 Å². The average molecular weight is 380 g/mol. The summed E-state index contributed by atoms with van der Waals surface area (Å²) in [5, 5.41) is 2.83. The summed E-state index contributed by atoms with van der Waals surface area (Å²) in [7, 11) is 0. The fourth-order valence-corrected chi connectivity index (χ4v) is 3.76. The van der Waals surface area contributed by atoms with E-state index in [2.05, 4.69) is 11.4 Å². The molecule has 1 saturated carbocycles. The second-order valence-electron chi connectivity index (χ2n) is 7.90. The molecule has 1 aliphatic heterocycles. The summed E-state index contributed by atoms with van der Waals surface area (Å²) < 4.78 is 13.0. The zero-order chi connectivity index (χ0) is 19.7. The van der Waals surface area contributed by atoms with E-state index in [1.165, 1.54) is 25.0 Å². The molecule has 4 rings (SSSR count). The number of amides is 2. The van der Waals surface area contributed by atoms with E-state index in [4.69, 9.17) is 0 Å². The van der Waals surface area contributed by atoms with Gasteiger partial charge in [0.25, 0.3) is 0 Å². The summed E-state index contributed by atoms with van der Waals surface area (Å²) in [6.07, 6.45) is 4.86. The highest BCUT2D eigenvalue weighted by atomic mass is 19.1. The Morgan fingerprint density at radius 2 is 1.93 bits per heavy atom. The molecule has 28 heavy (non-hydrogen) atoms. The Bertz CT molecular complexity index is 890. The van der Waals surface area contributed by atoms with Crippen molar-refractivity contribution >= 4 is 23.2 Å². The lowest BCUT2D eigenvalue weighted by Crippen LogP contribution is -2.35. The van der Waals surface area contributed by atoms with Crippen LogP contribution < -0.4 is 10.2 Å². The van der Waals surface area contributed by atoms with E-state index >= 15 is 0 Å². The van der Waals surface area contributed by atoms with Crippen LogP contribution in [0.5, 0.6) is 0 Å². The summed E-state index contributed by atoms with van der Waals surface area (Å²) >= 11 is 0. The van der Waals surface area contributed by atoms with Crippen molar-refractivity contribution in [2.45, 2.75) is 44.9 Å². The number of nitrogens with zero attached hydrogens (tertiary/aromatic N) is 1. The molecule has 2 amide bonds. The highest BCUT2D eigenvalue weighted by molar-refractivity contribution is 5.97. The van der Waals surface area contributed by atoms with Gasteiger partial charge in [0.1, 0.15) is 5.82 Å². The molecule has 1 unspecified atom stereocenters. The average Bonchev–Trinajstić information content (AvgIpc) is 3.52. The Hall–Kier alpha value is -2.69. The number of anilines is 2. The van der Waals surface area contributed by atoms with Crippen LogP contribution >= 0.6 is 0 Å². The number of halogens is 1.